The van der Waals surface area contributed by atoms with Gasteiger partial charge in [-0.3, -0.25) is 14.4 Å². The highest BCUT2D eigenvalue weighted by atomic mass is 32.2. The summed E-state index contributed by atoms with van der Waals surface area (Å²) in [4.78, 5) is 45.8. The molecule has 0 aliphatic carbocycles. The summed E-state index contributed by atoms with van der Waals surface area (Å²) in [5.41, 5.74) is 2.91. The molecule has 0 radical (unpaired) electrons. The summed E-state index contributed by atoms with van der Waals surface area (Å²) < 4.78 is 4.85. The van der Waals surface area contributed by atoms with E-state index >= 15 is 0 Å². The number of anilines is 1. The number of ether oxygens (including phenoxy) is 1. The molecule has 4 aliphatic rings. The van der Waals surface area contributed by atoms with Crippen molar-refractivity contribution in [1.29, 1.82) is 0 Å². The van der Waals surface area contributed by atoms with E-state index < -0.39 is 22.6 Å². The summed E-state index contributed by atoms with van der Waals surface area (Å²) in [5.74, 6) is -1.85. The van der Waals surface area contributed by atoms with Crippen LogP contribution in [-0.4, -0.2) is 70.1 Å². The quantitative estimate of drug-likeness (QED) is 0.335. The maximum absolute atomic E-state index is 14.6. The van der Waals surface area contributed by atoms with Crippen molar-refractivity contribution < 1.29 is 24.2 Å². The predicted molar refractivity (Wildman–Crippen MR) is 149 cm³/mol. The number of aliphatic hydroxyl groups excluding tert-OH is 1. The number of cyclic esters (lactones) is 1. The average molecular weight is 539 g/mol. The number of carbonyl (C=O) groups is 3. The Balaban J connectivity index is 1.59. The first-order valence-corrected chi connectivity index (χ1v) is 14.8. The van der Waals surface area contributed by atoms with Gasteiger partial charge in [-0.05, 0) is 63.5 Å². The molecule has 2 saturated heterocycles. The Morgan fingerprint density at radius 1 is 1.05 bits per heavy atom. The van der Waals surface area contributed by atoms with E-state index in [0.29, 0.717) is 32.5 Å². The number of unbranched alkanes of at least 4 members (excludes halogenated alkanes) is 2. The van der Waals surface area contributed by atoms with Crippen LogP contribution in [0.2, 0.25) is 0 Å². The number of aryl methyl sites for hydroxylation is 2. The maximum Gasteiger partial charge on any atom is 0.311 e. The summed E-state index contributed by atoms with van der Waals surface area (Å²) in [7, 11) is 0. The van der Waals surface area contributed by atoms with E-state index in [2.05, 4.69) is 18.2 Å². The largest absolute Gasteiger partial charge is 0.465 e. The molecule has 5 atom stereocenters. The van der Waals surface area contributed by atoms with Gasteiger partial charge in [0, 0.05) is 30.6 Å². The van der Waals surface area contributed by atoms with E-state index in [9.17, 15) is 19.5 Å². The molecule has 8 heteroatoms. The first-order chi connectivity index (χ1) is 18.4. The predicted octanol–water partition coefficient (Wildman–Crippen LogP) is 3.95. The molecule has 7 nitrogen and oxygen atoms in total. The Bertz CT molecular complexity index is 1130. The molecule has 1 N–H and O–H groups in total. The van der Waals surface area contributed by atoms with Gasteiger partial charge in [0.2, 0.25) is 5.91 Å². The zero-order valence-corrected chi connectivity index (χ0v) is 23.1. The lowest BCUT2D eigenvalue weighted by Gasteiger charge is -2.36. The smallest absolute Gasteiger partial charge is 0.311 e. The monoisotopic (exact) mass is 538 g/mol. The van der Waals surface area contributed by atoms with Gasteiger partial charge in [0.05, 0.1) is 23.2 Å². The summed E-state index contributed by atoms with van der Waals surface area (Å²) in [6, 6.07) is 5.29. The molecule has 1 aromatic carbocycles. The lowest BCUT2D eigenvalue weighted by molar-refractivity contribution is -0.153. The lowest BCUT2D eigenvalue weighted by atomic mass is 9.78. The number of fused-ring (bicyclic) bond motifs is 2. The van der Waals surface area contributed by atoms with Gasteiger partial charge in [-0.15, -0.1) is 11.8 Å². The Hall–Kier alpha value is -2.58. The molecule has 1 spiro atoms. The molecule has 4 heterocycles. The zero-order valence-electron chi connectivity index (χ0n) is 22.3. The van der Waals surface area contributed by atoms with Gasteiger partial charge in [-0.25, -0.2) is 0 Å². The number of likely N-dealkylation sites (tertiary alicyclic amines) is 1. The molecule has 0 saturated carbocycles. The Kier molecular flexibility index (Phi) is 8.00. The highest BCUT2D eigenvalue weighted by Gasteiger charge is 2.70. The number of para-hydroxylation sites is 1. The van der Waals surface area contributed by atoms with Crippen molar-refractivity contribution in [2.45, 2.75) is 68.4 Å². The lowest BCUT2D eigenvalue weighted by Crippen LogP contribution is -2.53. The van der Waals surface area contributed by atoms with Crippen LogP contribution in [0.3, 0.4) is 0 Å². The number of esters is 1. The van der Waals surface area contributed by atoms with Crippen LogP contribution in [0.5, 0.6) is 0 Å². The molecular weight excluding hydrogens is 500 g/mol. The van der Waals surface area contributed by atoms with Gasteiger partial charge >= 0.3 is 5.97 Å². The number of carbonyl (C=O) groups excluding carboxylic acids is 3. The van der Waals surface area contributed by atoms with E-state index in [0.717, 1.165) is 42.5 Å². The van der Waals surface area contributed by atoms with Crippen LogP contribution < -0.4 is 4.90 Å². The van der Waals surface area contributed by atoms with E-state index in [4.69, 9.17) is 4.74 Å². The standard InChI is InChI=1S/C30H38N2O5S/c1-20-12-10-13-21(2)25(20)31-17-11-15-30-24(23-22(38-30)14-6-3-4-9-19-37-29(23)36)27(34)32(26(30)28(31)35)16-7-5-8-18-33/h6,10-15,22-24,26,33H,3-5,7-9,16-19H2,1-2H3/b14-6-/t22-,23+,24+,26?,30+/m1/s1. The van der Waals surface area contributed by atoms with E-state index in [1.54, 1.807) is 16.7 Å². The van der Waals surface area contributed by atoms with Gasteiger partial charge in [0.25, 0.3) is 5.91 Å². The first kappa shape index (κ1) is 27.0. The van der Waals surface area contributed by atoms with Gasteiger partial charge in [-0.1, -0.05) is 42.5 Å². The van der Waals surface area contributed by atoms with Crippen molar-refractivity contribution in [3.63, 3.8) is 0 Å². The number of hydrogen-bond acceptors (Lipinski definition) is 6. The van der Waals surface area contributed by atoms with Crippen LogP contribution in [0, 0.1) is 25.7 Å². The topological polar surface area (TPSA) is 87.2 Å². The SMILES string of the molecule is Cc1cccc(C)c1N1CC=C[C@]23S[C@@H]4/C=C\CCCCOC(=O)[C@@H]4[C@H]2C(=O)N(CCCCCO)C3C1=O. The number of amides is 2. The summed E-state index contributed by atoms with van der Waals surface area (Å²) in [6.07, 6.45) is 13.0. The van der Waals surface area contributed by atoms with Crippen molar-refractivity contribution in [2.24, 2.45) is 11.8 Å². The van der Waals surface area contributed by atoms with Crippen molar-refractivity contribution in [1.82, 2.24) is 4.90 Å². The van der Waals surface area contributed by atoms with Crippen molar-refractivity contribution in [3.8, 4) is 0 Å². The molecule has 204 valence electrons. The number of thioether (sulfide) groups is 1. The number of aliphatic hydroxyl groups is 1. The molecule has 4 aliphatic heterocycles. The van der Waals surface area contributed by atoms with Crippen molar-refractivity contribution in [2.75, 3.05) is 31.2 Å². The van der Waals surface area contributed by atoms with Gasteiger partial charge in [-0.2, -0.15) is 0 Å². The Morgan fingerprint density at radius 3 is 2.61 bits per heavy atom. The van der Waals surface area contributed by atoms with E-state index in [1.165, 1.54) is 0 Å². The summed E-state index contributed by atoms with van der Waals surface area (Å²) in [6.45, 7) is 5.31. The minimum absolute atomic E-state index is 0.0982. The average Bonchev–Trinajstić information content (AvgIpc) is 3.27. The fraction of sp³-hybridized carbons (Fsp3) is 0.567. The summed E-state index contributed by atoms with van der Waals surface area (Å²) in [5, 5.41) is 9.04. The number of benzene rings is 1. The second-order valence-electron chi connectivity index (χ2n) is 10.8. The number of allylic oxidation sites excluding steroid dienone is 1. The number of nitrogens with zero attached hydrogens (tertiary/aromatic N) is 2. The second kappa shape index (κ2) is 11.3. The van der Waals surface area contributed by atoms with Gasteiger partial charge in [0.1, 0.15) is 6.04 Å². The second-order valence-corrected chi connectivity index (χ2v) is 12.3. The fourth-order valence-electron chi connectivity index (χ4n) is 6.66. The van der Waals surface area contributed by atoms with Crippen LogP contribution in [0.1, 0.15) is 49.7 Å². The van der Waals surface area contributed by atoms with Gasteiger partial charge in [0.15, 0.2) is 0 Å². The molecule has 5 rings (SSSR count). The highest BCUT2D eigenvalue weighted by molar-refractivity contribution is 8.02. The molecule has 1 aromatic rings. The molecule has 1 unspecified atom stereocenters. The molecular formula is C30H38N2O5S. The number of rotatable bonds is 6. The normalized spacial score (nSPS) is 31.9. The Morgan fingerprint density at radius 2 is 1.84 bits per heavy atom. The molecule has 2 fully saturated rings. The van der Waals surface area contributed by atoms with Gasteiger partial charge < -0.3 is 19.6 Å². The minimum Gasteiger partial charge on any atom is -0.465 e. The van der Waals surface area contributed by atoms with Crippen LogP contribution in [0.25, 0.3) is 0 Å². The van der Waals surface area contributed by atoms with E-state index in [-0.39, 0.29) is 29.6 Å². The third-order valence-electron chi connectivity index (χ3n) is 8.37. The molecule has 38 heavy (non-hydrogen) atoms. The minimum atomic E-state index is -0.844. The van der Waals surface area contributed by atoms with Crippen LogP contribution >= 0.6 is 11.8 Å². The maximum atomic E-state index is 14.6. The zero-order chi connectivity index (χ0) is 26.9. The third-order valence-corrected chi connectivity index (χ3v) is 10.1. The van der Waals surface area contributed by atoms with Crippen LogP contribution in [0.15, 0.2) is 42.5 Å². The van der Waals surface area contributed by atoms with Crippen LogP contribution in [-0.2, 0) is 19.1 Å². The third kappa shape index (κ3) is 4.60. The van der Waals surface area contributed by atoms with Crippen molar-refractivity contribution >= 4 is 35.2 Å². The van der Waals surface area contributed by atoms with Crippen LogP contribution in [0.4, 0.5) is 5.69 Å². The first-order valence-electron chi connectivity index (χ1n) is 13.9. The molecule has 2 amide bonds. The molecule has 0 aromatic heterocycles. The molecule has 0 bridgehead atoms. The number of hydrogen-bond donors (Lipinski definition) is 1. The van der Waals surface area contributed by atoms with E-state index in [1.807, 2.05) is 43.0 Å². The fourth-order valence-corrected chi connectivity index (χ4v) is 8.66. The van der Waals surface area contributed by atoms with Crippen molar-refractivity contribution in [3.05, 3.63) is 53.6 Å². The highest BCUT2D eigenvalue weighted by Crippen LogP contribution is 2.61. The Labute approximate surface area is 229 Å². The summed E-state index contributed by atoms with van der Waals surface area (Å²) >= 11 is 1.59.